The van der Waals surface area contributed by atoms with Gasteiger partial charge in [0.25, 0.3) is 0 Å². The number of nitrogens with zero attached hydrogens (tertiary/aromatic N) is 2. The number of H-pyrrole nitrogens is 1. The lowest BCUT2D eigenvalue weighted by Crippen LogP contribution is -2.24. The van der Waals surface area contributed by atoms with E-state index in [0.717, 1.165) is 22.0 Å². The molecule has 0 aliphatic rings. The highest BCUT2D eigenvalue weighted by molar-refractivity contribution is 5.86. The number of aromatic amines is 1. The van der Waals surface area contributed by atoms with Crippen molar-refractivity contribution >= 4 is 27.9 Å². The van der Waals surface area contributed by atoms with Crippen LogP contribution in [0.2, 0.25) is 0 Å². The predicted octanol–water partition coefficient (Wildman–Crippen LogP) is 2.56. The van der Waals surface area contributed by atoms with Gasteiger partial charge in [0.1, 0.15) is 5.69 Å². The molecule has 6 heteroatoms. The molecular weight excluding hydrogens is 292 g/mol. The fourth-order valence-electron chi connectivity index (χ4n) is 2.57. The lowest BCUT2D eigenvalue weighted by atomic mass is 10.1. The molecule has 0 bridgehead atoms. The van der Waals surface area contributed by atoms with Gasteiger partial charge in [-0.05, 0) is 29.8 Å². The molecule has 23 heavy (non-hydrogen) atoms. The zero-order valence-corrected chi connectivity index (χ0v) is 12.2. The molecule has 0 atom stereocenters. The number of hydrogen-bond donors (Lipinski definition) is 2. The first-order valence-corrected chi connectivity index (χ1v) is 7.31. The fraction of sp³-hybridized carbons (Fsp3) is 0.118. The number of nitrogens with one attached hydrogen (secondary N) is 2. The maximum atomic E-state index is 12.1. The van der Waals surface area contributed by atoms with E-state index in [1.165, 1.54) is 0 Å². The smallest absolute Gasteiger partial charge is 0.226 e. The second-order valence-corrected chi connectivity index (χ2v) is 5.33. The Morgan fingerprint density at radius 1 is 1.22 bits per heavy atom. The SMILES string of the molecule is O=C(Cc1noc2ccccc12)NCc1ccc2nc[nH]c2c1. The molecular formula is C17H14N4O2. The van der Waals surface area contributed by atoms with Gasteiger partial charge in [0, 0.05) is 11.9 Å². The van der Waals surface area contributed by atoms with E-state index in [1.54, 1.807) is 6.33 Å². The van der Waals surface area contributed by atoms with Crippen molar-refractivity contribution in [3.05, 3.63) is 60.0 Å². The number of fused-ring (bicyclic) bond motifs is 2. The quantitative estimate of drug-likeness (QED) is 0.607. The molecule has 0 saturated heterocycles. The van der Waals surface area contributed by atoms with E-state index in [4.69, 9.17) is 4.52 Å². The molecule has 6 nitrogen and oxygen atoms in total. The lowest BCUT2D eigenvalue weighted by molar-refractivity contribution is -0.120. The van der Waals surface area contributed by atoms with E-state index in [2.05, 4.69) is 20.4 Å². The summed E-state index contributed by atoms with van der Waals surface area (Å²) >= 11 is 0. The van der Waals surface area contributed by atoms with Crippen molar-refractivity contribution in [1.82, 2.24) is 20.4 Å². The molecule has 1 amide bonds. The summed E-state index contributed by atoms with van der Waals surface area (Å²) in [6.45, 7) is 0.462. The molecule has 2 N–H and O–H groups in total. The Bertz CT molecular complexity index is 986. The van der Waals surface area contributed by atoms with Crippen LogP contribution in [0.3, 0.4) is 0 Å². The number of aromatic nitrogens is 3. The van der Waals surface area contributed by atoms with Crippen LogP contribution in [0.1, 0.15) is 11.3 Å². The van der Waals surface area contributed by atoms with Gasteiger partial charge in [-0.3, -0.25) is 4.79 Å². The van der Waals surface area contributed by atoms with Gasteiger partial charge in [0.2, 0.25) is 5.91 Å². The minimum absolute atomic E-state index is 0.0891. The first-order chi connectivity index (χ1) is 11.3. The number of hydrogen-bond acceptors (Lipinski definition) is 4. The molecule has 2 heterocycles. The van der Waals surface area contributed by atoms with Crippen molar-refractivity contribution in [3.8, 4) is 0 Å². The molecule has 4 aromatic rings. The van der Waals surface area contributed by atoms with Gasteiger partial charge in [-0.1, -0.05) is 23.4 Å². The Morgan fingerprint density at radius 2 is 2.13 bits per heavy atom. The molecule has 0 aliphatic carbocycles. The normalized spacial score (nSPS) is 11.1. The highest BCUT2D eigenvalue weighted by Crippen LogP contribution is 2.18. The van der Waals surface area contributed by atoms with Crippen molar-refractivity contribution in [1.29, 1.82) is 0 Å². The first kappa shape index (κ1) is 13.5. The topological polar surface area (TPSA) is 83.8 Å². The molecule has 0 saturated carbocycles. The van der Waals surface area contributed by atoms with Crippen molar-refractivity contribution < 1.29 is 9.32 Å². The van der Waals surface area contributed by atoms with Gasteiger partial charge < -0.3 is 14.8 Å². The molecule has 4 rings (SSSR count). The lowest BCUT2D eigenvalue weighted by Gasteiger charge is -2.04. The summed E-state index contributed by atoms with van der Waals surface area (Å²) in [6.07, 6.45) is 1.85. The second kappa shape index (κ2) is 5.57. The van der Waals surface area contributed by atoms with Crippen LogP contribution < -0.4 is 5.32 Å². The zero-order chi connectivity index (χ0) is 15.6. The van der Waals surface area contributed by atoms with Gasteiger partial charge >= 0.3 is 0 Å². The van der Waals surface area contributed by atoms with Crippen LogP contribution in [0.4, 0.5) is 0 Å². The summed E-state index contributed by atoms with van der Waals surface area (Å²) in [5, 5.41) is 7.76. The fourth-order valence-corrected chi connectivity index (χ4v) is 2.57. The minimum Gasteiger partial charge on any atom is -0.356 e. The molecule has 0 aliphatic heterocycles. The highest BCUT2D eigenvalue weighted by atomic mass is 16.5. The molecule has 0 radical (unpaired) electrons. The van der Waals surface area contributed by atoms with Crippen LogP contribution in [0, 0.1) is 0 Å². The van der Waals surface area contributed by atoms with Crippen molar-refractivity contribution in [2.24, 2.45) is 0 Å². The third-order valence-corrected chi connectivity index (χ3v) is 3.75. The molecule has 114 valence electrons. The number of rotatable bonds is 4. The van der Waals surface area contributed by atoms with Gasteiger partial charge in [0.15, 0.2) is 5.58 Å². The van der Waals surface area contributed by atoms with Crippen LogP contribution >= 0.6 is 0 Å². The van der Waals surface area contributed by atoms with Crippen molar-refractivity contribution in [3.63, 3.8) is 0 Å². The maximum Gasteiger partial charge on any atom is 0.226 e. The van der Waals surface area contributed by atoms with E-state index >= 15 is 0 Å². The first-order valence-electron chi connectivity index (χ1n) is 7.31. The van der Waals surface area contributed by atoms with Crippen LogP contribution in [0.5, 0.6) is 0 Å². The second-order valence-electron chi connectivity index (χ2n) is 5.33. The summed E-state index contributed by atoms with van der Waals surface area (Å²) in [5.41, 5.74) is 4.23. The number of carbonyl (C=O) groups excluding carboxylic acids is 1. The molecule has 0 spiro atoms. The van der Waals surface area contributed by atoms with Gasteiger partial charge in [0.05, 0.1) is 23.8 Å². The number of imidazole rings is 1. The van der Waals surface area contributed by atoms with Crippen LogP contribution in [-0.4, -0.2) is 21.0 Å². The minimum atomic E-state index is -0.0891. The Kier molecular flexibility index (Phi) is 3.27. The third-order valence-electron chi connectivity index (χ3n) is 3.75. The number of benzene rings is 2. The van der Waals surface area contributed by atoms with E-state index in [9.17, 15) is 4.79 Å². The maximum absolute atomic E-state index is 12.1. The summed E-state index contributed by atoms with van der Waals surface area (Å²) in [6, 6.07) is 13.4. The number of carbonyl (C=O) groups is 1. The standard InChI is InChI=1S/C17H14N4O2/c22-17(8-14-12-3-1-2-4-16(12)23-21-14)18-9-11-5-6-13-15(7-11)20-10-19-13/h1-7,10H,8-9H2,(H,18,22)(H,19,20). The summed E-state index contributed by atoms with van der Waals surface area (Å²) in [4.78, 5) is 19.4. The highest BCUT2D eigenvalue weighted by Gasteiger charge is 2.11. The van der Waals surface area contributed by atoms with Crippen molar-refractivity contribution in [2.45, 2.75) is 13.0 Å². The Morgan fingerprint density at radius 3 is 3.09 bits per heavy atom. The van der Waals surface area contributed by atoms with E-state index in [1.807, 2.05) is 42.5 Å². The van der Waals surface area contributed by atoms with Gasteiger partial charge in [-0.2, -0.15) is 0 Å². The molecule has 2 aromatic carbocycles. The average Bonchev–Trinajstić information content (AvgIpc) is 3.20. The third kappa shape index (κ3) is 2.66. The van der Waals surface area contributed by atoms with E-state index in [-0.39, 0.29) is 12.3 Å². The Balaban J connectivity index is 1.43. The van der Waals surface area contributed by atoms with Crippen LogP contribution in [0.25, 0.3) is 22.0 Å². The molecule has 2 aromatic heterocycles. The number of para-hydroxylation sites is 1. The van der Waals surface area contributed by atoms with Gasteiger partial charge in [-0.15, -0.1) is 0 Å². The average molecular weight is 306 g/mol. The van der Waals surface area contributed by atoms with E-state index < -0.39 is 0 Å². The van der Waals surface area contributed by atoms with Crippen molar-refractivity contribution in [2.75, 3.05) is 0 Å². The predicted molar refractivity (Wildman–Crippen MR) is 85.7 cm³/mol. The van der Waals surface area contributed by atoms with E-state index in [0.29, 0.717) is 17.8 Å². The Hall–Kier alpha value is -3.15. The molecule has 0 unspecified atom stereocenters. The summed E-state index contributed by atoms with van der Waals surface area (Å²) < 4.78 is 5.21. The van der Waals surface area contributed by atoms with Gasteiger partial charge in [-0.25, -0.2) is 4.98 Å². The summed E-state index contributed by atoms with van der Waals surface area (Å²) in [7, 11) is 0. The summed E-state index contributed by atoms with van der Waals surface area (Å²) in [5.74, 6) is -0.0891. The zero-order valence-electron chi connectivity index (χ0n) is 12.2. The number of amides is 1. The van der Waals surface area contributed by atoms with Crippen LogP contribution in [0.15, 0.2) is 53.3 Å². The largest absolute Gasteiger partial charge is 0.356 e. The van der Waals surface area contributed by atoms with Crippen LogP contribution in [-0.2, 0) is 17.8 Å². The Labute approximate surface area is 131 Å². The monoisotopic (exact) mass is 306 g/mol. The molecule has 0 fully saturated rings.